The Balaban J connectivity index is 2.28. The lowest BCUT2D eigenvalue weighted by molar-refractivity contribution is -0.138. The lowest BCUT2D eigenvalue weighted by atomic mass is 10.1. The zero-order valence-electron chi connectivity index (χ0n) is 10.8. The average Bonchev–Trinajstić information content (AvgIpc) is 2.47. The summed E-state index contributed by atoms with van der Waals surface area (Å²) in [5, 5.41) is 2.40. The lowest BCUT2D eigenvalue weighted by Crippen LogP contribution is -2.15. The molecule has 110 valence electrons. The highest BCUT2D eigenvalue weighted by Crippen LogP contribution is 2.33. The number of halogens is 3. The van der Waals surface area contributed by atoms with Crippen molar-refractivity contribution in [3.05, 3.63) is 59.4 Å². The van der Waals surface area contributed by atoms with Crippen molar-refractivity contribution in [1.29, 1.82) is 0 Å². The van der Waals surface area contributed by atoms with Crippen LogP contribution < -0.4 is 11.1 Å². The van der Waals surface area contributed by atoms with Gasteiger partial charge in [0.15, 0.2) is 0 Å². The molecule has 0 aliphatic rings. The summed E-state index contributed by atoms with van der Waals surface area (Å²) in [7, 11) is 0. The second-order valence-electron chi connectivity index (χ2n) is 4.27. The smallest absolute Gasteiger partial charge is 0.326 e. The van der Waals surface area contributed by atoms with E-state index in [9.17, 15) is 18.0 Å². The van der Waals surface area contributed by atoms with Crippen LogP contribution in [0.25, 0.3) is 0 Å². The molecule has 0 unspecified atom stereocenters. The molecule has 0 aliphatic carbocycles. The number of amides is 1. The summed E-state index contributed by atoms with van der Waals surface area (Å²) in [4.78, 5) is 15.6. The van der Waals surface area contributed by atoms with Crippen molar-refractivity contribution in [3.63, 3.8) is 0 Å². The third kappa shape index (κ3) is 3.57. The van der Waals surface area contributed by atoms with E-state index < -0.39 is 17.6 Å². The molecule has 3 N–H and O–H groups in total. The van der Waals surface area contributed by atoms with E-state index in [1.165, 1.54) is 30.6 Å². The minimum Gasteiger partial charge on any atom is -0.326 e. The van der Waals surface area contributed by atoms with Crippen LogP contribution in [0.3, 0.4) is 0 Å². The molecule has 0 saturated carbocycles. The van der Waals surface area contributed by atoms with Gasteiger partial charge in [0.25, 0.3) is 5.91 Å². The molecule has 0 radical (unpaired) electrons. The molecule has 0 saturated heterocycles. The quantitative estimate of drug-likeness (QED) is 0.915. The van der Waals surface area contributed by atoms with Crippen LogP contribution in [0.5, 0.6) is 0 Å². The van der Waals surface area contributed by atoms with E-state index >= 15 is 0 Å². The molecule has 0 fully saturated rings. The van der Waals surface area contributed by atoms with Gasteiger partial charge in [-0.05, 0) is 29.8 Å². The number of alkyl halides is 3. The summed E-state index contributed by atoms with van der Waals surface area (Å²) in [6.45, 7) is -0.230. The number of anilines is 1. The van der Waals surface area contributed by atoms with Crippen molar-refractivity contribution in [2.24, 2.45) is 5.73 Å². The van der Waals surface area contributed by atoms with E-state index in [4.69, 9.17) is 5.73 Å². The van der Waals surface area contributed by atoms with Gasteiger partial charge in [-0.3, -0.25) is 9.78 Å². The second kappa shape index (κ2) is 5.92. The first-order chi connectivity index (χ1) is 9.91. The third-order valence-electron chi connectivity index (χ3n) is 2.82. The minimum atomic E-state index is -4.52. The molecule has 0 aliphatic heterocycles. The van der Waals surface area contributed by atoms with E-state index in [2.05, 4.69) is 10.3 Å². The van der Waals surface area contributed by atoms with Crippen LogP contribution in [0.2, 0.25) is 0 Å². The number of carbonyl (C=O) groups is 1. The van der Waals surface area contributed by atoms with Gasteiger partial charge in [0.2, 0.25) is 0 Å². The van der Waals surface area contributed by atoms with Gasteiger partial charge >= 0.3 is 6.18 Å². The molecule has 1 aromatic carbocycles. The Morgan fingerprint density at radius 1 is 1.29 bits per heavy atom. The minimum absolute atomic E-state index is 0.0260. The highest BCUT2D eigenvalue weighted by molar-refractivity contribution is 6.04. The molecule has 1 heterocycles. The summed E-state index contributed by atoms with van der Waals surface area (Å²) in [6, 6.07) is 6.58. The van der Waals surface area contributed by atoms with Crippen molar-refractivity contribution >= 4 is 11.6 Å². The normalized spacial score (nSPS) is 11.2. The van der Waals surface area contributed by atoms with Crippen LogP contribution in [0.4, 0.5) is 18.9 Å². The number of pyridine rings is 1. The molecule has 1 aromatic heterocycles. The number of nitrogens with two attached hydrogens (primary N) is 1. The highest BCUT2D eigenvalue weighted by Gasteiger charge is 2.33. The molecule has 4 nitrogen and oxygen atoms in total. The summed E-state index contributed by atoms with van der Waals surface area (Å²) in [6.07, 6.45) is -1.70. The molecular formula is C14H12F3N3O. The lowest BCUT2D eigenvalue weighted by Gasteiger charge is -2.14. The molecule has 7 heteroatoms. The fourth-order valence-electron chi connectivity index (χ4n) is 1.80. The second-order valence-corrected chi connectivity index (χ2v) is 4.27. The van der Waals surface area contributed by atoms with E-state index in [1.54, 1.807) is 6.07 Å². The van der Waals surface area contributed by atoms with E-state index in [0.29, 0.717) is 0 Å². The van der Waals surface area contributed by atoms with Gasteiger partial charge in [-0.2, -0.15) is 13.2 Å². The highest BCUT2D eigenvalue weighted by atomic mass is 19.4. The van der Waals surface area contributed by atoms with Crippen LogP contribution in [0.15, 0.2) is 42.7 Å². The maximum absolute atomic E-state index is 12.9. The molecule has 2 aromatic rings. The number of hydrogen-bond acceptors (Lipinski definition) is 3. The number of hydrogen-bond donors (Lipinski definition) is 2. The van der Waals surface area contributed by atoms with Crippen LogP contribution in [0.1, 0.15) is 21.5 Å². The van der Waals surface area contributed by atoms with Crippen LogP contribution in [0, 0.1) is 0 Å². The van der Waals surface area contributed by atoms with Crippen molar-refractivity contribution < 1.29 is 18.0 Å². The zero-order chi connectivity index (χ0) is 15.5. The first kappa shape index (κ1) is 15.0. The van der Waals surface area contributed by atoms with Crippen molar-refractivity contribution in [2.45, 2.75) is 12.7 Å². The van der Waals surface area contributed by atoms with Gasteiger partial charge in [-0.1, -0.05) is 6.07 Å². The van der Waals surface area contributed by atoms with E-state index in [0.717, 1.165) is 6.07 Å². The largest absolute Gasteiger partial charge is 0.416 e. The number of carbonyl (C=O) groups excluding carboxylic acids is 1. The molecule has 0 bridgehead atoms. The summed E-state index contributed by atoms with van der Waals surface area (Å²) < 4.78 is 38.7. The van der Waals surface area contributed by atoms with E-state index in [1.807, 2.05) is 0 Å². The van der Waals surface area contributed by atoms with E-state index in [-0.39, 0.29) is 23.4 Å². The fourth-order valence-corrected chi connectivity index (χ4v) is 1.80. The number of nitrogens with one attached hydrogen (secondary N) is 1. The topological polar surface area (TPSA) is 68.0 Å². The Morgan fingerprint density at radius 2 is 2.05 bits per heavy atom. The van der Waals surface area contributed by atoms with Gasteiger partial charge in [0.1, 0.15) is 0 Å². The summed E-state index contributed by atoms with van der Waals surface area (Å²) in [5.41, 5.74) is 4.72. The first-order valence-corrected chi connectivity index (χ1v) is 6.03. The van der Waals surface area contributed by atoms with Crippen molar-refractivity contribution in [3.8, 4) is 0 Å². The Labute approximate surface area is 118 Å². The predicted octanol–water partition coefficient (Wildman–Crippen LogP) is 2.81. The molecular weight excluding hydrogens is 283 g/mol. The molecule has 0 atom stereocenters. The van der Waals surface area contributed by atoms with Gasteiger partial charge < -0.3 is 11.1 Å². The van der Waals surface area contributed by atoms with Crippen molar-refractivity contribution in [2.75, 3.05) is 5.32 Å². The number of nitrogens with zero attached hydrogens (tertiary/aromatic N) is 1. The first-order valence-electron chi connectivity index (χ1n) is 6.03. The van der Waals surface area contributed by atoms with Gasteiger partial charge in [-0.25, -0.2) is 0 Å². The van der Waals surface area contributed by atoms with Crippen LogP contribution in [-0.4, -0.2) is 10.9 Å². The van der Waals surface area contributed by atoms with Gasteiger partial charge in [0.05, 0.1) is 11.1 Å². The Hall–Kier alpha value is -2.41. The van der Waals surface area contributed by atoms with Gasteiger partial charge in [0, 0.05) is 24.6 Å². The maximum Gasteiger partial charge on any atom is 0.416 e. The summed E-state index contributed by atoms with van der Waals surface area (Å²) in [5.74, 6) is -0.531. The number of aromatic nitrogens is 1. The van der Waals surface area contributed by atoms with Crippen molar-refractivity contribution in [1.82, 2.24) is 4.98 Å². The predicted molar refractivity (Wildman–Crippen MR) is 71.5 cm³/mol. The molecule has 21 heavy (non-hydrogen) atoms. The average molecular weight is 295 g/mol. The molecule has 2 rings (SSSR count). The Kier molecular flexibility index (Phi) is 4.23. The SMILES string of the molecule is NCc1ccc(NC(=O)c2cccnc2)cc1C(F)(F)F. The van der Waals surface area contributed by atoms with Crippen LogP contribution >= 0.6 is 0 Å². The van der Waals surface area contributed by atoms with Gasteiger partial charge in [-0.15, -0.1) is 0 Å². The summed E-state index contributed by atoms with van der Waals surface area (Å²) >= 11 is 0. The molecule has 1 amide bonds. The Morgan fingerprint density at radius 3 is 2.62 bits per heavy atom. The third-order valence-corrected chi connectivity index (χ3v) is 2.82. The fraction of sp³-hybridized carbons (Fsp3) is 0.143. The number of benzene rings is 1. The zero-order valence-corrected chi connectivity index (χ0v) is 10.8. The molecule has 0 spiro atoms. The number of rotatable bonds is 3. The monoisotopic (exact) mass is 295 g/mol. The van der Waals surface area contributed by atoms with Crippen LogP contribution in [-0.2, 0) is 12.7 Å². The Bertz CT molecular complexity index is 642. The maximum atomic E-state index is 12.9. The standard InChI is InChI=1S/C14H12F3N3O/c15-14(16,17)12-6-11(4-3-9(12)7-18)20-13(21)10-2-1-5-19-8-10/h1-6,8H,7,18H2,(H,20,21).